The number of amides is 1. The van der Waals surface area contributed by atoms with Crippen LogP contribution in [0.1, 0.15) is 39.6 Å². The van der Waals surface area contributed by atoms with Gasteiger partial charge in [0.1, 0.15) is 0 Å². The normalized spacial score (nSPS) is 10.3. The molecule has 0 aromatic heterocycles. The van der Waals surface area contributed by atoms with Crippen molar-refractivity contribution in [1.82, 2.24) is 10.8 Å². The molecule has 1 aromatic carbocycles. The smallest absolute Gasteiger partial charge is 0.251 e. The van der Waals surface area contributed by atoms with E-state index in [9.17, 15) is 9.59 Å². The minimum absolute atomic E-state index is 0.0652. The van der Waals surface area contributed by atoms with Gasteiger partial charge < -0.3 is 11.1 Å². The monoisotopic (exact) mass is 299 g/mol. The number of rotatable bonds is 8. The van der Waals surface area contributed by atoms with Crippen molar-refractivity contribution in [3.8, 4) is 0 Å². The van der Waals surface area contributed by atoms with Gasteiger partial charge in [0.25, 0.3) is 5.91 Å². The topological polar surface area (TPSA) is 93.5 Å². The van der Waals surface area contributed by atoms with Crippen molar-refractivity contribution >= 4 is 23.6 Å². The first kappa shape index (κ1) is 16.6. The predicted octanol–water partition coefficient (Wildman–Crippen LogP) is 1.14. The summed E-state index contributed by atoms with van der Waals surface area (Å²) in [6.45, 7) is 2.70. The van der Waals surface area contributed by atoms with E-state index in [-0.39, 0.29) is 18.2 Å². The third-order valence-electron chi connectivity index (χ3n) is 2.76. The van der Waals surface area contributed by atoms with Crippen molar-refractivity contribution in [1.29, 1.82) is 0 Å². The maximum atomic E-state index is 11.9. The fourth-order valence-corrected chi connectivity index (χ4v) is 1.83. The van der Waals surface area contributed by atoms with Crippen molar-refractivity contribution in [3.63, 3.8) is 0 Å². The lowest BCUT2D eigenvalue weighted by atomic mass is 10.0. The summed E-state index contributed by atoms with van der Waals surface area (Å²) in [5.74, 6) is -0.272. The highest BCUT2D eigenvalue weighted by Crippen LogP contribution is 2.12. The Hall–Kier alpha value is -1.47. The molecule has 0 aliphatic heterocycles. The highest BCUT2D eigenvalue weighted by molar-refractivity contribution is 6.07. The molecule has 0 spiro atoms. The number of carbonyl (C=O) groups is 2. The first-order valence-electron chi connectivity index (χ1n) is 6.22. The molecule has 0 bridgehead atoms. The number of hydroxylamine groups is 1. The molecule has 6 nitrogen and oxygen atoms in total. The van der Waals surface area contributed by atoms with E-state index in [1.807, 2.05) is 0 Å². The number of hydrogen-bond donors (Lipinski definition) is 3. The molecule has 0 saturated carbocycles. The van der Waals surface area contributed by atoms with Crippen LogP contribution in [0.3, 0.4) is 0 Å². The maximum absolute atomic E-state index is 11.9. The number of hydrogen-bond acceptors (Lipinski definition) is 5. The first-order valence-corrected chi connectivity index (χ1v) is 6.53. The number of Topliss-reactive ketones (excluding diaryl/α,β-unsaturated/α-hetero) is 1. The predicted molar refractivity (Wildman–Crippen MR) is 76.2 cm³/mol. The van der Waals surface area contributed by atoms with E-state index in [4.69, 9.17) is 17.6 Å². The fourth-order valence-electron chi connectivity index (χ4n) is 1.75. The van der Waals surface area contributed by atoms with Crippen LogP contribution < -0.4 is 16.5 Å². The number of ketones is 1. The second-order valence-corrected chi connectivity index (χ2v) is 4.37. The van der Waals surface area contributed by atoms with Gasteiger partial charge in [-0.1, -0.05) is 6.07 Å². The summed E-state index contributed by atoms with van der Waals surface area (Å²) in [5, 5.41) is 2.75. The third-order valence-corrected chi connectivity index (χ3v) is 2.87. The molecule has 0 heterocycles. The van der Waals surface area contributed by atoms with E-state index in [0.717, 1.165) is 0 Å². The van der Waals surface area contributed by atoms with Crippen LogP contribution in [0.15, 0.2) is 18.2 Å². The largest absolute Gasteiger partial charge is 0.352 e. The molecule has 0 aliphatic rings. The lowest BCUT2D eigenvalue weighted by molar-refractivity contribution is 0.0949. The standard InChI is InChI=1S/C13H18ClN3O3/c1-9(18)12-4-3-10(7-11(12)8-15)13(19)16-5-2-6-17-20-14/h3-4,7,17H,2,5-6,8,15H2,1H3,(H,16,19). The minimum atomic E-state index is -0.207. The van der Waals surface area contributed by atoms with Gasteiger partial charge in [0.15, 0.2) is 5.78 Å². The number of nitrogens with one attached hydrogen (secondary N) is 2. The van der Waals surface area contributed by atoms with E-state index in [1.54, 1.807) is 18.2 Å². The second-order valence-electron chi connectivity index (χ2n) is 4.21. The molecule has 0 atom stereocenters. The van der Waals surface area contributed by atoms with Crippen molar-refractivity contribution in [2.24, 2.45) is 5.73 Å². The fraction of sp³-hybridized carbons (Fsp3) is 0.385. The second kappa shape index (κ2) is 8.65. The molecule has 4 N–H and O–H groups in total. The van der Waals surface area contributed by atoms with Crippen molar-refractivity contribution < 1.29 is 14.0 Å². The Morgan fingerprint density at radius 3 is 2.70 bits per heavy atom. The maximum Gasteiger partial charge on any atom is 0.251 e. The van der Waals surface area contributed by atoms with Crippen LogP contribution in [0, 0.1) is 0 Å². The molecule has 0 aliphatic carbocycles. The average molecular weight is 300 g/mol. The number of nitrogens with two attached hydrogens (primary N) is 1. The van der Waals surface area contributed by atoms with E-state index in [2.05, 4.69) is 15.2 Å². The lowest BCUT2D eigenvalue weighted by Crippen LogP contribution is -2.27. The molecule has 0 fully saturated rings. The van der Waals surface area contributed by atoms with E-state index < -0.39 is 0 Å². The zero-order valence-corrected chi connectivity index (χ0v) is 12.0. The Bertz CT molecular complexity index is 480. The molecule has 110 valence electrons. The van der Waals surface area contributed by atoms with Crippen LogP contribution in [-0.4, -0.2) is 24.8 Å². The molecular weight excluding hydrogens is 282 g/mol. The summed E-state index contributed by atoms with van der Waals surface area (Å²) in [4.78, 5) is 23.3. The van der Waals surface area contributed by atoms with Gasteiger partial charge in [-0.05, 0) is 31.0 Å². The van der Waals surface area contributed by atoms with E-state index in [1.165, 1.54) is 6.92 Å². The highest BCUT2D eigenvalue weighted by atomic mass is 35.5. The molecule has 1 aromatic rings. The Morgan fingerprint density at radius 2 is 2.10 bits per heavy atom. The van der Waals surface area contributed by atoms with Gasteiger partial charge in [0.05, 0.1) is 11.9 Å². The quantitative estimate of drug-likeness (QED) is 0.380. The van der Waals surface area contributed by atoms with Gasteiger partial charge in [-0.25, -0.2) is 0 Å². The van der Waals surface area contributed by atoms with Crippen molar-refractivity contribution in [2.45, 2.75) is 19.9 Å². The van der Waals surface area contributed by atoms with Crippen LogP contribution >= 0.6 is 11.9 Å². The number of halogens is 1. The Morgan fingerprint density at radius 1 is 1.35 bits per heavy atom. The molecule has 1 amide bonds. The SMILES string of the molecule is CC(=O)c1ccc(C(=O)NCCCNOCl)cc1CN. The average Bonchev–Trinajstić information content (AvgIpc) is 2.45. The summed E-state index contributed by atoms with van der Waals surface area (Å²) >= 11 is 4.97. The first-order chi connectivity index (χ1) is 9.60. The van der Waals surface area contributed by atoms with Gasteiger partial charge >= 0.3 is 0 Å². The summed E-state index contributed by atoms with van der Waals surface area (Å²) in [6, 6.07) is 4.89. The summed E-state index contributed by atoms with van der Waals surface area (Å²) < 4.78 is 4.16. The summed E-state index contributed by atoms with van der Waals surface area (Å²) in [6.07, 6.45) is 0.674. The van der Waals surface area contributed by atoms with Gasteiger partial charge in [0, 0.05) is 30.8 Å². The summed E-state index contributed by atoms with van der Waals surface area (Å²) in [5.41, 5.74) is 9.75. The Labute approximate surface area is 122 Å². The number of carbonyl (C=O) groups excluding carboxylic acids is 2. The van der Waals surface area contributed by atoms with E-state index >= 15 is 0 Å². The van der Waals surface area contributed by atoms with Crippen molar-refractivity contribution in [2.75, 3.05) is 13.1 Å². The van der Waals surface area contributed by atoms with Crippen LogP contribution in [0.2, 0.25) is 0 Å². The lowest BCUT2D eigenvalue weighted by Gasteiger charge is -2.09. The summed E-state index contributed by atoms with van der Waals surface area (Å²) in [7, 11) is 0. The van der Waals surface area contributed by atoms with Crippen molar-refractivity contribution in [3.05, 3.63) is 34.9 Å². The van der Waals surface area contributed by atoms with Gasteiger partial charge in [-0.15, -0.1) is 0 Å². The number of benzene rings is 1. The zero-order valence-electron chi connectivity index (χ0n) is 11.2. The molecule has 1 rings (SSSR count). The van der Waals surface area contributed by atoms with Gasteiger partial charge in [-0.3, -0.25) is 9.59 Å². The highest BCUT2D eigenvalue weighted by Gasteiger charge is 2.11. The van der Waals surface area contributed by atoms with Gasteiger partial charge in [-0.2, -0.15) is 9.87 Å². The van der Waals surface area contributed by atoms with Crippen LogP contribution in [0.5, 0.6) is 0 Å². The van der Waals surface area contributed by atoms with Crippen LogP contribution in [-0.2, 0) is 10.9 Å². The van der Waals surface area contributed by atoms with Crippen LogP contribution in [0.25, 0.3) is 0 Å². The molecule has 0 unspecified atom stereocenters. The van der Waals surface area contributed by atoms with E-state index in [0.29, 0.717) is 36.2 Å². The van der Waals surface area contributed by atoms with Crippen LogP contribution in [0.4, 0.5) is 0 Å². The molecule has 20 heavy (non-hydrogen) atoms. The molecule has 0 radical (unpaired) electrons. The molecule has 0 saturated heterocycles. The Balaban J connectivity index is 2.62. The molecule has 7 heteroatoms. The Kier molecular flexibility index (Phi) is 7.17. The van der Waals surface area contributed by atoms with Gasteiger partial charge in [0.2, 0.25) is 0 Å². The third kappa shape index (κ3) is 4.90. The minimum Gasteiger partial charge on any atom is -0.352 e. The molecular formula is C13H18ClN3O3. The zero-order chi connectivity index (χ0) is 15.0.